The lowest BCUT2D eigenvalue weighted by Gasteiger charge is -2.17. The Bertz CT molecular complexity index is 525. The third-order valence-corrected chi connectivity index (χ3v) is 4.26. The molecule has 3 rings (SSSR count). The third-order valence-electron chi connectivity index (χ3n) is 4.26. The molecule has 1 fully saturated rings. The summed E-state index contributed by atoms with van der Waals surface area (Å²) in [5.41, 5.74) is 8.49. The van der Waals surface area contributed by atoms with Gasteiger partial charge in [0.05, 0.1) is 26.4 Å². The molecule has 1 aliphatic rings. The summed E-state index contributed by atoms with van der Waals surface area (Å²) >= 11 is 0. The molecular weight excluding hydrogens is 274 g/mol. The zero-order valence-corrected chi connectivity index (χ0v) is 12.8. The van der Waals surface area contributed by atoms with Crippen molar-refractivity contribution in [1.82, 2.24) is 0 Å². The van der Waals surface area contributed by atoms with Gasteiger partial charge in [0.25, 0.3) is 0 Å². The molecule has 0 aliphatic heterocycles. The van der Waals surface area contributed by atoms with Crippen molar-refractivity contribution >= 4 is 0 Å². The molecule has 0 heterocycles. The standard InChI is InChI=1S/C19H23NO2/c20-18-11-19(18,14-21-12-16-7-3-1-4-8-16)15-22-13-17-9-5-2-6-10-17/h1-10,18H,11-15,20H2. The smallest absolute Gasteiger partial charge is 0.0717 e. The first-order valence-electron chi connectivity index (χ1n) is 7.77. The van der Waals surface area contributed by atoms with Gasteiger partial charge in [-0.05, 0) is 17.5 Å². The van der Waals surface area contributed by atoms with Crippen LogP contribution in [0.2, 0.25) is 0 Å². The highest BCUT2D eigenvalue weighted by atomic mass is 16.5. The van der Waals surface area contributed by atoms with Crippen LogP contribution in [0.1, 0.15) is 17.5 Å². The Morgan fingerprint density at radius 2 is 1.23 bits per heavy atom. The lowest BCUT2D eigenvalue weighted by atomic mass is 10.1. The summed E-state index contributed by atoms with van der Waals surface area (Å²) in [6.45, 7) is 2.59. The van der Waals surface area contributed by atoms with E-state index in [0.717, 1.165) is 6.42 Å². The second-order valence-electron chi connectivity index (χ2n) is 6.13. The normalized spacial score (nSPS) is 19.0. The van der Waals surface area contributed by atoms with Crippen LogP contribution in [0.4, 0.5) is 0 Å². The monoisotopic (exact) mass is 297 g/mol. The van der Waals surface area contributed by atoms with Crippen molar-refractivity contribution in [2.45, 2.75) is 25.7 Å². The van der Waals surface area contributed by atoms with Gasteiger partial charge in [-0.1, -0.05) is 60.7 Å². The van der Waals surface area contributed by atoms with Gasteiger partial charge in [-0.3, -0.25) is 0 Å². The van der Waals surface area contributed by atoms with Crippen molar-refractivity contribution in [3.63, 3.8) is 0 Å². The molecule has 2 aromatic carbocycles. The minimum absolute atomic E-state index is 0.00353. The van der Waals surface area contributed by atoms with Crippen LogP contribution in [0, 0.1) is 5.41 Å². The minimum atomic E-state index is 0.00353. The van der Waals surface area contributed by atoms with Gasteiger partial charge >= 0.3 is 0 Å². The van der Waals surface area contributed by atoms with Crippen LogP contribution in [0.15, 0.2) is 60.7 Å². The summed E-state index contributed by atoms with van der Waals surface area (Å²) in [5.74, 6) is 0. The fourth-order valence-electron chi connectivity index (χ4n) is 2.65. The Labute approximate surface area is 132 Å². The molecule has 1 saturated carbocycles. The van der Waals surface area contributed by atoms with Gasteiger partial charge < -0.3 is 15.2 Å². The molecule has 2 aromatic rings. The Hall–Kier alpha value is -1.68. The molecule has 0 bridgehead atoms. The zero-order valence-electron chi connectivity index (χ0n) is 12.8. The van der Waals surface area contributed by atoms with Gasteiger partial charge in [-0.2, -0.15) is 0 Å². The van der Waals surface area contributed by atoms with Gasteiger partial charge in [-0.25, -0.2) is 0 Å². The highest BCUT2D eigenvalue weighted by Gasteiger charge is 2.52. The van der Waals surface area contributed by atoms with Crippen LogP contribution >= 0.6 is 0 Å². The van der Waals surface area contributed by atoms with E-state index in [4.69, 9.17) is 15.2 Å². The van der Waals surface area contributed by atoms with Crippen molar-refractivity contribution in [3.05, 3.63) is 71.8 Å². The Balaban J connectivity index is 1.42. The fourth-order valence-corrected chi connectivity index (χ4v) is 2.65. The van der Waals surface area contributed by atoms with Crippen molar-refractivity contribution in [3.8, 4) is 0 Å². The highest BCUT2D eigenvalue weighted by Crippen LogP contribution is 2.45. The second kappa shape index (κ2) is 7.05. The molecule has 0 radical (unpaired) electrons. The molecule has 0 aromatic heterocycles. The van der Waals surface area contributed by atoms with E-state index in [2.05, 4.69) is 24.3 Å². The molecular formula is C19H23NO2. The number of hydrogen-bond donors (Lipinski definition) is 1. The SMILES string of the molecule is NC1CC1(COCc1ccccc1)COCc1ccccc1. The maximum atomic E-state index is 6.10. The summed E-state index contributed by atoms with van der Waals surface area (Å²) in [6, 6.07) is 20.6. The minimum Gasteiger partial charge on any atom is -0.376 e. The molecule has 1 unspecified atom stereocenters. The Morgan fingerprint density at radius 1 is 0.818 bits per heavy atom. The molecule has 0 saturated heterocycles. The van der Waals surface area contributed by atoms with Gasteiger partial charge in [-0.15, -0.1) is 0 Å². The molecule has 3 nitrogen and oxygen atoms in total. The first-order valence-corrected chi connectivity index (χ1v) is 7.77. The number of nitrogens with two attached hydrogens (primary N) is 1. The van der Waals surface area contributed by atoms with E-state index in [1.165, 1.54) is 11.1 Å². The Morgan fingerprint density at radius 3 is 1.59 bits per heavy atom. The number of rotatable bonds is 8. The predicted molar refractivity (Wildman–Crippen MR) is 87.2 cm³/mol. The van der Waals surface area contributed by atoms with Gasteiger partial charge in [0, 0.05) is 11.5 Å². The van der Waals surface area contributed by atoms with E-state index >= 15 is 0 Å². The zero-order chi connectivity index (χ0) is 15.3. The summed E-state index contributed by atoms with van der Waals surface area (Å²) in [6.07, 6.45) is 0.983. The lowest BCUT2D eigenvalue weighted by molar-refractivity contribution is 0.0132. The van der Waals surface area contributed by atoms with E-state index in [9.17, 15) is 0 Å². The van der Waals surface area contributed by atoms with E-state index in [-0.39, 0.29) is 11.5 Å². The van der Waals surface area contributed by atoms with Crippen LogP contribution in [-0.2, 0) is 22.7 Å². The van der Waals surface area contributed by atoms with Crippen molar-refractivity contribution in [2.75, 3.05) is 13.2 Å². The molecule has 116 valence electrons. The first-order chi connectivity index (χ1) is 10.8. The number of benzene rings is 2. The van der Waals surface area contributed by atoms with E-state index in [0.29, 0.717) is 26.4 Å². The lowest BCUT2D eigenvalue weighted by Crippen LogP contribution is -2.25. The largest absolute Gasteiger partial charge is 0.376 e. The van der Waals surface area contributed by atoms with Gasteiger partial charge in [0.1, 0.15) is 0 Å². The maximum absolute atomic E-state index is 6.10. The second-order valence-corrected chi connectivity index (χ2v) is 6.13. The van der Waals surface area contributed by atoms with Crippen molar-refractivity contribution in [1.29, 1.82) is 0 Å². The molecule has 2 N–H and O–H groups in total. The molecule has 1 atom stereocenters. The summed E-state index contributed by atoms with van der Waals surface area (Å²) in [7, 11) is 0. The van der Waals surface area contributed by atoms with Crippen molar-refractivity contribution in [2.24, 2.45) is 11.1 Å². The first kappa shape index (κ1) is 15.2. The van der Waals surface area contributed by atoms with E-state index in [1.54, 1.807) is 0 Å². The predicted octanol–water partition coefficient (Wildman–Crippen LogP) is 3.14. The summed E-state index contributed by atoms with van der Waals surface area (Å²) in [5, 5.41) is 0. The average Bonchev–Trinajstić information content (AvgIpc) is 3.19. The summed E-state index contributed by atoms with van der Waals surface area (Å²) in [4.78, 5) is 0. The quantitative estimate of drug-likeness (QED) is 0.814. The van der Waals surface area contributed by atoms with Crippen LogP contribution in [0.3, 0.4) is 0 Å². The highest BCUT2D eigenvalue weighted by molar-refractivity contribution is 5.15. The number of ether oxygens (including phenoxy) is 2. The number of hydrogen-bond acceptors (Lipinski definition) is 3. The molecule has 22 heavy (non-hydrogen) atoms. The van der Waals surface area contributed by atoms with Crippen LogP contribution < -0.4 is 5.73 Å². The Kier molecular flexibility index (Phi) is 4.88. The topological polar surface area (TPSA) is 44.5 Å². The molecule has 3 heteroatoms. The van der Waals surface area contributed by atoms with Crippen molar-refractivity contribution < 1.29 is 9.47 Å². The molecule has 1 aliphatic carbocycles. The van der Waals surface area contributed by atoms with Gasteiger partial charge in [0.2, 0.25) is 0 Å². The summed E-state index contributed by atoms with van der Waals surface area (Å²) < 4.78 is 11.7. The van der Waals surface area contributed by atoms with Crippen LogP contribution in [0.25, 0.3) is 0 Å². The maximum Gasteiger partial charge on any atom is 0.0717 e. The molecule has 0 amide bonds. The van der Waals surface area contributed by atoms with Crippen LogP contribution in [0.5, 0.6) is 0 Å². The van der Waals surface area contributed by atoms with Crippen LogP contribution in [-0.4, -0.2) is 19.3 Å². The third kappa shape index (κ3) is 3.95. The fraction of sp³-hybridized carbons (Fsp3) is 0.368. The molecule has 0 spiro atoms. The van der Waals surface area contributed by atoms with E-state index < -0.39 is 0 Å². The van der Waals surface area contributed by atoms with E-state index in [1.807, 2.05) is 36.4 Å². The van der Waals surface area contributed by atoms with Gasteiger partial charge in [0.15, 0.2) is 0 Å². The average molecular weight is 297 g/mol.